The van der Waals surface area contributed by atoms with Gasteiger partial charge in [-0.15, -0.1) is 0 Å². The molecule has 0 heterocycles. The molecule has 0 N–H and O–H groups in total. The summed E-state index contributed by atoms with van der Waals surface area (Å²) in [6.07, 6.45) is 4.82. The smallest absolute Gasteiger partial charge is 0.140 e. The van der Waals surface area contributed by atoms with E-state index in [-0.39, 0.29) is 11.8 Å². The molecule has 0 spiro atoms. The maximum Gasteiger partial charge on any atom is 0.140 e. The number of rotatable bonds is 5. The second-order valence-electron chi connectivity index (χ2n) is 6.81. The van der Waals surface area contributed by atoms with E-state index in [9.17, 15) is 4.79 Å². The summed E-state index contributed by atoms with van der Waals surface area (Å²) in [4.78, 5) is 12.5. The van der Waals surface area contributed by atoms with Crippen LogP contribution in [0.3, 0.4) is 0 Å². The van der Waals surface area contributed by atoms with Crippen LogP contribution in [0.2, 0.25) is 0 Å². The zero-order chi connectivity index (χ0) is 17.1. The summed E-state index contributed by atoms with van der Waals surface area (Å²) in [5.74, 6) is 0.639. The van der Waals surface area contributed by atoms with Gasteiger partial charge in [0.05, 0.1) is 0 Å². The molecule has 1 aliphatic carbocycles. The summed E-state index contributed by atoms with van der Waals surface area (Å²) in [6, 6.07) is 17.5. The van der Waals surface area contributed by atoms with E-state index in [1.165, 1.54) is 27.8 Å². The van der Waals surface area contributed by atoms with E-state index in [1.807, 2.05) is 6.92 Å². The number of carbonyl (C=O) groups is 1. The Kier molecular flexibility index (Phi) is 4.99. The molecule has 0 radical (unpaired) electrons. The van der Waals surface area contributed by atoms with Gasteiger partial charge in [-0.1, -0.05) is 74.0 Å². The predicted molar refractivity (Wildman–Crippen MR) is 101 cm³/mol. The van der Waals surface area contributed by atoms with E-state index in [0.717, 1.165) is 12.8 Å². The summed E-state index contributed by atoms with van der Waals surface area (Å²) in [5.41, 5.74) is 6.47. The van der Waals surface area contributed by atoms with Gasteiger partial charge in [0, 0.05) is 18.3 Å². The lowest BCUT2D eigenvalue weighted by atomic mass is 9.84. The van der Waals surface area contributed by atoms with E-state index in [4.69, 9.17) is 0 Å². The van der Waals surface area contributed by atoms with E-state index >= 15 is 0 Å². The number of allylic oxidation sites excluding steroid dienone is 2. The van der Waals surface area contributed by atoms with Crippen LogP contribution in [0.5, 0.6) is 0 Å². The zero-order valence-corrected chi connectivity index (χ0v) is 14.9. The zero-order valence-electron chi connectivity index (χ0n) is 14.9. The van der Waals surface area contributed by atoms with Crippen LogP contribution in [0.1, 0.15) is 54.9 Å². The second-order valence-corrected chi connectivity index (χ2v) is 6.81. The molecule has 24 heavy (non-hydrogen) atoms. The number of aryl methyl sites for hydroxylation is 2. The largest absolute Gasteiger partial charge is 0.299 e. The first kappa shape index (κ1) is 16.7. The minimum atomic E-state index is 0.0128. The van der Waals surface area contributed by atoms with Crippen molar-refractivity contribution in [1.29, 1.82) is 0 Å². The normalized spacial score (nSPS) is 20.0. The Balaban J connectivity index is 1.91. The van der Waals surface area contributed by atoms with Gasteiger partial charge in [-0.05, 0) is 42.0 Å². The van der Waals surface area contributed by atoms with E-state index < -0.39 is 0 Å². The summed E-state index contributed by atoms with van der Waals surface area (Å²) in [5, 5.41) is 0. The minimum absolute atomic E-state index is 0.0128. The van der Waals surface area contributed by atoms with Crippen LogP contribution in [-0.2, 0) is 11.2 Å². The molecule has 0 fully saturated rings. The molecule has 0 aromatic heterocycles. The second kappa shape index (κ2) is 7.17. The Morgan fingerprint density at radius 2 is 1.67 bits per heavy atom. The van der Waals surface area contributed by atoms with Crippen molar-refractivity contribution in [1.82, 2.24) is 0 Å². The lowest BCUT2D eigenvalue weighted by molar-refractivity contribution is -0.121. The summed E-state index contributed by atoms with van der Waals surface area (Å²) in [6.45, 7) is 6.25. The topological polar surface area (TPSA) is 17.1 Å². The molecule has 0 aliphatic heterocycles. The highest BCUT2D eigenvalue weighted by Crippen LogP contribution is 2.43. The first-order valence-corrected chi connectivity index (χ1v) is 9.01. The molecular weight excluding hydrogens is 292 g/mol. The third-order valence-electron chi connectivity index (χ3n) is 5.21. The van der Waals surface area contributed by atoms with Gasteiger partial charge in [0.15, 0.2) is 0 Å². The number of benzene rings is 2. The minimum Gasteiger partial charge on any atom is -0.299 e. The fourth-order valence-corrected chi connectivity index (χ4v) is 3.63. The Morgan fingerprint density at radius 1 is 1.00 bits per heavy atom. The molecular formula is C23H26O. The molecule has 0 bridgehead atoms. The molecule has 3 rings (SSSR count). The van der Waals surface area contributed by atoms with E-state index in [2.05, 4.69) is 68.5 Å². The van der Waals surface area contributed by atoms with Crippen molar-refractivity contribution in [2.24, 2.45) is 5.92 Å². The van der Waals surface area contributed by atoms with Crippen LogP contribution in [0.4, 0.5) is 0 Å². The molecule has 2 atom stereocenters. The van der Waals surface area contributed by atoms with Gasteiger partial charge in [-0.3, -0.25) is 4.79 Å². The van der Waals surface area contributed by atoms with Gasteiger partial charge < -0.3 is 0 Å². The van der Waals surface area contributed by atoms with Gasteiger partial charge in [-0.25, -0.2) is 0 Å². The fraction of sp³-hybridized carbons (Fsp3) is 0.348. The van der Waals surface area contributed by atoms with Crippen molar-refractivity contribution >= 4 is 11.4 Å². The fourth-order valence-electron chi connectivity index (χ4n) is 3.63. The van der Waals surface area contributed by atoms with Crippen molar-refractivity contribution in [3.8, 4) is 0 Å². The van der Waals surface area contributed by atoms with Crippen molar-refractivity contribution in [2.75, 3.05) is 0 Å². The van der Waals surface area contributed by atoms with E-state index in [1.54, 1.807) is 0 Å². The molecule has 0 saturated heterocycles. The maximum atomic E-state index is 12.5. The quantitative estimate of drug-likeness (QED) is 0.688. The molecule has 0 amide bonds. The average molecular weight is 318 g/mol. The van der Waals surface area contributed by atoms with Gasteiger partial charge in [0.25, 0.3) is 0 Å². The summed E-state index contributed by atoms with van der Waals surface area (Å²) < 4.78 is 0. The van der Waals surface area contributed by atoms with Crippen molar-refractivity contribution < 1.29 is 4.79 Å². The Bertz CT molecular complexity index is 735. The molecule has 1 aliphatic rings. The molecule has 0 saturated carbocycles. The Morgan fingerprint density at radius 3 is 2.25 bits per heavy atom. The Hall–Kier alpha value is -2.15. The number of Topliss-reactive ketones (excluding diaryl/α,β-unsaturated/α-hetero) is 1. The van der Waals surface area contributed by atoms with Crippen LogP contribution in [0, 0.1) is 12.8 Å². The highest BCUT2D eigenvalue weighted by atomic mass is 16.1. The summed E-state index contributed by atoms with van der Waals surface area (Å²) >= 11 is 0. The molecule has 2 aromatic rings. The van der Waals surface area contributed by atoms with Crippen LogP contribution in [0.25, 0.3) is 5.57 Å². The molecule has 124 valence electrons. The average Bonchev–Trinajstić information content (AvgIpc) is 3.07. The maximum absolute atomic E-state index is 12.5. The third-order valence-corrected chi connectivity index (χ3v) is 5.21. The third kappa shape index (κ3) is 3.36. The SMILES string of the molecule is CCC(=O)C1C=C(c2ccc(C)cc2)CC1c1ccc(CC)cc1. The molecule has 1 nitrogen and oxygen atoms in total. The number of hydrogen-bond donors (Lipinski definition) is 0. The van der Waals surface area contributed by atoms with Gasteiger partial charge >= 0.3 is 0 Å². The highest BCUT2D eigenvalue weighted by Gasteiger charge is 2.33. The monoisotopic (exact) mass is 318 g/mol. The van der Waals surface area contributed by atoms with E-state index in [0.29, 0.717) is 12.2 Å². The van der Waals surface area contributed by atoms with Gasteiger partial charge in [0.1, 0.15) is 5.78 Å². The number of carbonyl (C=O) groups excluding carboxylic acids is 1. The van der Waals surface area contributed by atoms with Crippen molar-refractivity contribution in [3.05, 3.63) is 76.9 Å². The lowest BCUT2D eigenvalue weighted by Crippen LogP contribution is -2.16. The predicted octanol–water partition coefficient (Wildman–Crippen LogP) is 5.72. The lowest BCUT2D eigenvalue weighted by Gasteiger charge is -2.19. The van der Waals surface area contributed by atoms with Crippen molar-refractivity contribution in [3.63, 3.8) is 0 Å². The first-order chi connectivity index (χ1) is 11.6. The molecule has 1 heteroatoms. The summed E-state index contributed by atoms with van der Waals surface area (Å²) in [7, 11) is 0. The molecule has 2 aromatic carbocycles. The van der Waals surface area contributed by atoms with Crippen LogP contribution in [-0.4, -0.2) is 5.78 Å². The van der Waals surface area contributed by atoms with Crippen LogP contribution >= 0.6 is 0 Å². The standard InChI is InChI=1S/C23H26O/c1-4-17-8-12-19(13-9-17)21-14-20(15-22(21)23(24)5-2)18-10-6-16(3)7-11-18/h6-13,15,21-22H,4-5,14H2,1-3H3. The highest BCUT2D eigenvalue weighted by molar-refractivity contribution is 5.88. The first-order valence-electron chi connectivity index (χ1n) is 9.01. The van der Waals surface area contributed by atoms with Gasteiger partial charge in [-0.2, -0.15) is 0 Å². The van der Waals surface area contributed by atoms with Crippen molar-refractivity contribution in [2.45, 2.75) is 46.0 Å². The van der Waals surface area contributed by atoms with Gasteiger partial charge in [0.2, 0.25) is 0 Å². The number of ketones is 1. The van der Waals surface area contributed by atoms with Crippen LogP contribution < -0.4 is 0 Å². The number of hydrogen-bond acceptors (Lipinski definition) is 1. The van der Waals surface area contributed by atoms with Crippen LogP contribution in [0.15, 0.2) is 54.6 Å². The molecule has 2 unspecified atom stereocenters. The Labute approximate surface area is 145 Å².